The Labute approximate surface area is 142 Å². The maximum Gasteiger partial charge on any atom is 0.0645 e. The Morgan fingerprint density at radius 1 is 0.739 bits per heavy atom. The molecule has 0 N–H and O–H groups in total. The number of aromatic nitrogens is 1. The van der Waals surface area contributed by atoms with Crippen LogP contribution in [0, 0.1) is 0 Å². The molecule has 0 aliphatic heterocycles. The maximum atomic E-state index is 8.67. The zero-order valence-electron chi connectivity index (χ0n) is 17.6. The predicted octanol–water partition coefficient (Wildman–Crippen LogP) is 6.08. The second-order valence-corrected chi connectivity index (χ2v) is 6.84. The second kappa shape index (κ2) is 4.99. The van der Waals surface area contributed by atoms with Crippen molar-refractivity contribution in [3.05, 3.63) is 78.3 Å². The van der Waals surface area contributed by atoms with Crippen molar-refractivity contribution in [3.8, 4) is 5.69 Å². The predicted molar refractivity (Wildman–Crippen MR) is 99.5 cm³/mol. The van der Waals surface area contributed by atoms with Gasteiger partial charge in [0.2, 0.25) is 0 Å². The lowest BCUT2D eigenvalue weighted by atomic mass is 9.87. The first-order valence-electron chi connectivity index (χ1n) is 9.83. The Morgan fingerprint density at radius 2 is 1.22 bits per heavy atom. The van der Waals surface area contributed by atoms with Gasteiger partial charge in [0.1, 0.15) is 0 Å². The molecule has 0 spiro atoms. The molecule has 0 aliphatic rings. The van der Waals surface area contributed by atoms with Gasteiger partial charge in [-0.2, -0.15) is 0 Å². The minimum atomic E-state index is -0.473. The first-order valence-corrected chi connectivity index (χ1v) is 7.83. The van der Waals surface area contributed by atoms with Crippen molar-refractivity contribution in [2.45, 2.75) is 26.2 Å². The van der Waals surface area contributed by atoms with Crippen molar-refractivity contribution in [3.63, 3.8) is 0 Å². The fourth-order valence-corrected chi connectivity index (χ4v) is 2.96. The first kappa shape index (κ1) is 10.3. The Kier molecular flexibility index (Phi) is 2.23. The molecule has 4 rings (SSSR count). The normalized spacial score (nSPS) is 14.6. The average molecular weight is 303 g/mol. The van der Waals surface area contributed by atoms with Crippen molar-refractivity contribution >= 4 is 21.8 Å². The minimum absolute atomic E-state index is 0.00701. The van der Waals surface area contributed by atoms with Crippen molar-refractivity contribution in [2.24, 2.45) is 0 Å². The van der Waals surface area contributed by atoms with E-state index in [9.17, 15) is 0 Å². The van der Waals surface area contributed by atoms with Gasteiger partial charge in [-0.05, 0) is 35.2 Å². The molecule has 0 saturated carbocycles. The molecule has 1 heteroatoms. The molecule has 114 valence electrons. The van der Waals surface area contributed by atoms with Crippen LogP contribution in [0.1, 0.15) is 31.8 Å². The van der Waals surface area contributed by atoms with E-state index in [1.807, 2.05) is 73.9 Å². The van der Waals surface area contributed by atoms with E-state index < -0.39 is 5.41 Å². The van der Waals surface area contributed by atoms with Crippen LogP contribution in [-0.4, -0.2) is 4.57 Å². The van der Waals surface area contributed by atoms with Gasteiger partial charge in [-0.25, -0.2) is 0 Å². The van der Waals surface area contributed by atoms with Crippen LogP contribution in [0.2, 0.25) is 0 Å². The maximum absolute atomic E-state index is 8.67. The lowest BCUT2D eigenvalue weighted by Crippen LogP contribution is -2.10. The number of hydrogen-bond donors (Lipinski definition) is 0. The molecule has 0 aliphatic carbocycles. The van der Waals surface area contributed by atoms with Crippen LogP contribution >= 0.6 is 0 Å². The molecule has 1 aromatic heterocycles. The highest BCUT2D eigenvalue weighted by molar-refractivity contribution is 6.09. The highest BCUT2D eigenvalue weighted by atomic mass is 15.0. The van der Waals surface area contributed by atoms with Crippen molar-refractivity contribution < 1.29 is 5.48 Å². The van der Waals surface area contributed by atoms with Gasteiger partial charge in [-0.15, -0.1) is 0 Å². The van der Waals surface area contributed by atoms with Gasteiger partial charge in [0.25, 0.3) is 0 Å². The summed E-state index contributed by atoms with van der Waals surface area (Å²) in [5.41, 5.74) is 2.03. The van der Waals surface area contributed by atoms with Crippen LogP contribution in [0.25, 0.3) is 27.5 Å². The molecular weight excluding hydrogens is 278 g/mol. The smallest absolute Gasteiger partial charge is 0.0645 e. The lowest BCUT2D eigenvalue weighted by Gasteiger charge is -2.19. The van der Waals surface area contributed by atoms with E-state index in [1.165, 1.54) is 0 Å². The third kappa shape index (κ3) is 2.24. The average Bonchev–Trinajstić information content (AvgIpc) is 2.94. The van der Waals surface area contributed by atoms with Gasteiger partial charge in [0, 0.05) is 16.5 Å². The van der Waals surface area contributed by atoms with Crippen LogP contribution in [0.5, 0.6) is 0 Å². The van der Waals surface area contributed by atoms with Crippen molar-refractivity contribution in [1.82, 2.24) is 4.57 Å². The van der Waals surface area contributed by atoms with Crippen LogP contribution in [0.4, 0.5) is 0 Å². The molecule has 0 radical (unpaired) electrons. The number of rotatable bonds is 1. The molecular formula is C22H21N. The van der Waals surface area contributed by atoms with Gasteiger partial charge >= 0.3 is 0 Å². The summed E-state index contributed by atoms with van der Waals surface area (Å²) >= 11 is 0. The van der Waals surface area contributed by atoms with E-state index in [-0.39, 0.29) is 24.2 Å². The van der Waals surface area contributed by atoms with E-state index in [0.29, 0.717) is 11.3 Å². The number of hydrogen-bond acceptors (Lipinski definition) is 0. The second-order valence-electron chi connectivity index (χ2n) is 6.84. The van der Waals surface area contributed by atoms with E-state index in [4.69, 9.17) is 5.48 Å². The van der Waals surface area contributed by atoms with Crippen molar-refractivity contribution in [2.75, 3.05) is 0 Å². The summed E-state index contributed by atoms with van der Waals surface area (Å²) in [6, 6.07) is 15.8. The summed E-state index contributed by atoms with van der Waals surface area (Å²) in [6.07, 6.45) is 0. The fourth-order valence-electron chi connectivity index (χ4n) is 2.96. The van der Waals surface area contributed by atoms with Crippen LogP contribution < -0.4 is 0 Å². The zero-order valence-corrected chi connectivity index (χ0v) is 13.6. The quantitative estimate of drug-likeness (QED) is 0.401. The van der Waals surface area contributed by atoms with E-state index in [2.05, 4.69) is 0 Å². The highest BCUT2D eigenvalue weighted by Crippen LogP contribution is 2.32. The largest absolute Gasteiger partial charge is 0.309 e. The minimum Gasteiger partial charge on any atom is -0.309 e. The fraction of sp³-hybridized carbons (Fsp3) is 0.182. The summed E-state index contributed by atoms with van der Waals surface area (Å²) in [5.74, 6) is 0. The Morgan fingerprint density at radius 3 is 1.70 bits per heavy atom. The van der Waals surface area contributed by atoms with E-state index in [1.54, 1.807) is 0 Å². The molecule has 3 aromatic carbocycles. The molecule has 1 heterocycles. The van der Waals surface area contributed by atoms with E-state index >= 15 is 0 Å². The number of para-hydroxylation sites is 2. The van der Waals surface area contributed by atoms with Crippen LogP contribution in [0.3, 0.4) is 0 Å². The van der Waals surface area contributed by atoms with E-state index in [0.717, 1.165) is 21.8 Å². The Bertz CT molecular complexity index is 1120. The number of nitrogens with zero attached hydrogens (tertiary/aromatic N) is 1. The number of benzene rings is 3. The highest BCUT2D eigenvalue weighted by Gasteiger charge is 2.15. The van der Waals surface area contributed by atoms with Crippen LogP contribution in [-0.2, 0) is 5.41 Å². The molecule has 0 atom stereocenters. The SMILES string of the molecule is [2H]c1c([2H])c(C(C)(C)C)c([2H])c([2H])c1-n1c2ccccc2c2ccccc21. The molecule has 4 aromatic rings. The van der Waals surface area contributed by atoms with Crippen LogP contribution in [0.15, 0.2) is 72.7 Å². The Hall–Kier alpha value is -2.54. The molecule has 0 bridgehead atoms. The number of fused-ring (bicyclic) bond motifs is 3. The summed E-state index contributed by atoms with van der Waals surface area (Å²) in [7, 11) is 0. The standard InChI is InChI=1S/C22H21N/c1-22(2,3)16-12-14-17(15-13-16)23-20-10-6-4-8-18(20)19-9-5-7-11-21(19)23/h4-15H,1-3H3/i12D,13D,14D,15D. The third-order valence-electron chi connectivity index (χ3n) is 4.17. The molecule has 0 amide bonds. The Balaban J connectivity index is 2.20. The topological polar surface area (TPSA) is 4.93 Å². The summed E-state index contributed by atoms with van der Waals surface area (Å²) in [4.78, 5) is 0. The molecule has 23 heavy (non-hydrogen) atoms. The summed E-state index contributed by atoms with van der Waals surface area (Å²) < 4.78 is 36.3. The molecule has 0 unspecified atom stereocenters. The van der Waals surface area contributed by atoms with Gasteiger partial charge in [0.15, 0.2) is 0 Å². The summed E-state index contributed by atoms with van der Waals surface area (Å²) in [5, 5.41) is 2.06. The summed E-state index contributed by atoms with van der Waals surface area (Å²) in [6.45, 7) is 5.74. The van der Waals surface area contributed by atoms with Gasteiger partial charge < -0.3 is 4.57 Å². The van der Waals surface area contributed by atoms with Gasteiger partial charge in [-0.1, -0.05) is 69.3 Å². The van der Waals surface area contributed by atoms with Crippen molar-refractivity contribution in [1.29, 1.82) is 0 Å². The third-order valence-corrected chi connectivity index (χ3v) is 4.17. The molecule has 0 saturated heterocycles. The lowest BCUT2D eigenvalue weighted by molar-refractivity contribution is 0.590. The van der Waals surface area contributed by atoms with Gasteiger partial charge in [0.05, 0.1) is 16.5 Å². The first-order chi connectivity index (χ1) is 12.7. The molecule has 1 nitrogen and oxygen atoms in total. The monoisotopic (exact) mass is 303 g/mol. The van der Waals surface area contributed by atoms with Gasteiger partial charge in [-0.3, -0.25) is 0 Å². The molecule has 0 fully saturated rings. The zero-order chi connectivity index (χ0) is 19.5.